The van der Waals surface area contributed by atoms with Crippen LogP contribution in [-0.4, -0.2) is 24.5 Å². The van der Waals surface area contributed by atoms with Gasteiger partial charge in [-0.15, -0.1) is 12.4 Å². The van der Waals surface area contributed by atoms with Gasteiger partial charge in [-0.3, -0.25) is 4.79 Å². The van der Waals surface area contributed by atoms with E-state index in [4.69, 9.17) is 0 Å². The molecule has 1 saturated heterocycles. The van der Waals surface area contributed by atoms with Crippen molar-refractivity contribution in [2.45, 2.75) is 44.7 Å². The summed E-state index contributed by atoms with van der Waals surface area (Å²) in [5.74, 6) is 0.169. The largest absolute Gasteiger partial charge is 0.353 e. The van der Waals surface area contributed by atoms with E-state index in [2.05, 4.69) is 45.6 Å². The summed E-state index contributed by atoms with van der Waals surface area (Å²) in [4.78, 5) is 11.9. The van der Waals surface area contributed by atoms with E-state index in [0.29, 0.717) is 18.5 Å². The highest BCUT2D eigenvalue weighted by molar-refractivity contribution is 9.10. The van der Waals surface area contributed by atoms with E-state index < -0.39 is 0 Å². The zero-order chi connectivity index (χ0) is 13.7. The van der Waals surface area contributed by atoms with E-state index in [1.165, 1.54) is 5.56 Å². The SMILES string of the molecule is CC1CC(NC(=O)CCc2ccc(Br)cc2)CCN1.Cl. The van der Waals surface area contributed by atoms with Gasteiger partial charge in [-0.05, 0) is 50.4 Å². The number of hydrogen-bond acceptors (Lipinski definition) is 2. The third-order valence-corrected chi connectivity index (χ3v) is 4.07. The molecule has 2 rings (SSSR count). The van der Waals surface area contributed by atoms with Crippen molar-refractivity contribution in [1.29, 1.82) is 0 Å². The summed E-state index contributed by atoms with van der Waals surface area (Å²) < 4.78 is 1.07. The fourth-order valence-corrected chi connectivity index (χ4v) is 2.74. The van der Waals surface area contributed by atoms with Crippen LogP contribution in [0.1, 0.15) is 31.7 Å². The van der Waals surface area contributed by atoms with Gasteiger partial charge in [0.2, 0.25) is 5.91 Å². The Morgan fingerprint density at radius 1 is 1.40 bits per heavy atom. The van der Waals surface area contributed by atoms with Gasteiger partial charge >= 0.3 is 0 Å². The van der Waals surface area contributed by atoms with Gasteiger partial charge in [-0.1, -0.05) is 28.1 Å². The van der Waals surface area contributed by atoms with Gasteiger partial charge in [0, 0.05) is 23.0 Å². The maximum Gasteiger partial charge on any atom is 0.220 e. The molecule has 2 atom stereocenters. The number of carbonyl (C=O) groups is 1. The number of hydrogen-bond donors (Lipinski definition) is 2. The standard InChI is InChI=1S/C15H21BrN2O.ClH/c1-11-10-14(8-9-17-11)18-15(19)7-4-12-2-5-13(16)6-3-12;/h2-3,5-6,11,14,17H,4,7-10H2,1H3,(H,18,19);1H. The van der Waals surface area contributed by atoms with Gasteiger partial charge in [-0.2, -0.15) is 0 Å². The average molecular weight is 362 g/mol. The maximum atomic E-state index is 11.9. The Balaban J connectivity index is 0.00000200. The van der Waals surface area contributed by atoms with E-state index in [1.54, 1.807) is 0 Å². The fraction of sp³-hybridized carbons (Fsp3) is 0.533. The van der Waals surface area contributed by atoms with Crippen molar-refractivity contribution in [2.24, 2.45) is 0 Å². The third-order valence-electron chi connectivity index (χ3n) is 3.54. The summed E-state index contributed by atoms with van der Waals surface area (Å²) in [5, 5.41) is 6.54. The molecule has 1 fully saturated rings. The number of halogens is 2. The van der Waals surface area contributed by atoms with Crippen LogP contribution in [-0.2, 0) is 11.2 Å². The van der Waals surface area contributed by atoms with Crippen molar-refractivity contribution < 1.29 is 4.79 Å². The molecule has 0 bridgehead atoms. The fourth-order valence-electron chi connectivity index (χ4n) is 2.47. The number of rotatable bonds is 4. The van der Waals surface area contributed by atoms with Gasteiger partial charge in [0.25, 0.3) is 0 Å². The van der Waals surface area contributed by atoms with E-state index in [9.17, 15) is 4.79 Å². The molecule has 0 radical (unpaired) electrons. The highest BCUT2D eigenvalue weighted by atomic mass is 79.9. The van der Waals surface area contributed by atoms with Gasteiger partial charge in [0.05, 0.1) is 0 Å². The molecule has 1 heterocycles. The van der Waals surface area contributed by atoms with Crippen LogP contribution in [0.4, 0.5) is 0 Å². The first-order valence-corrected chi connectivity index (χ1v) is 7.70. The minimum Gasteiger partial charge on any atom is -0.353 e. The summed E-state index contributed by atoms with van der Waals surface area (Å²) in [6, 6.07) is 9.00. The average Bonchev–Trinajstić information content (AvgIpc) is 2.38. The summed E-state index contributed by atoms with van der Waals surface area (Å²) in [6.07, 6.45) is 3.44. The first kappa shape index (κ1) is 17.5. The number of benzene rings is 1. The van der Waals surface area contributed by atoms with E-state index in [0.717, 1.165) is 30.3 Å². The molecule has 1 aromatic rings. The van der Waals surface area contributed by atoms with E-state index in [1.807, 2.05) is 12.1 Å². The van der Waals surface area contributed by atoms with Crippen molar-refractivity contribution in [1.82, 2.24) is 10.6 Å². The molecule has 2 N–H and O–H groups in total. The first-order chi connectivity index (χ1) is 9.13. The highest BCUT2D eigenvalue weighted by Gasteiger charge is 2.19. The highest BCUT2D eigenvalue weighted by Crippen LogP contribution is 2.12. The molecule has 1 aliphatic rings. The molecule has 1 aliphatic heterocycles. The number of carbonyl (C=O) groups excluding carboxylic acids is 1. The van der Waals surface area contributed by atoms with Crippen molar-refractivity contribution >= 4 is 34.2 Å². The maximum absolute atomic E-state index is 11.9. The van der Waals surface area contributed by atoms with Crippen molar-refractivity contribution in [2.75, 3.05) is 6.54 Å². The molecule has 1 aromatic carbocycles. The predicted molar refractivity (Wildman–Crippen MR) is 88.3 cm³/mol. The van der Waals surface area contributed by atoms with Gasteiger partial charge < -0.3 is 10.6 Å². The monoisotopic (exact) mass is 360 g/mol. The van der Waals surface area contributed by atoms with Crippen molar-refractivity contribution in [3.05, 3.63) is 34.3 Å². The second-order valence-corrected chi connectivity index (χ2v) is 6.19. The van der Waals surface area contributed by atoms with Gasteiger partial charge in [0.1, 0.15) is 0 Å². The molecule has 0 saturated carbocycles. The van der Waals surface area contributed by atoms with Crippen LogP contribution in [0.25, 0.3) is 0 Å². The zero-order valence-electron chi connectivity index (χ0n) is 11.7. The van der Waals surface area contributed by atoms with Crippen LogP contribution in [0.5, 0.6) is 0 Å². The number of amides is 1. The molecule has 112 valence electrons. The minimum absolute atomic E-state index is 0. The molecule has 3 nitrogen and oxygen atoms in total. The third kappa shape index (κ3) is 5.81. The zero-order valence-corrected chi connectivity index (χ0v) is 14.1. The molecule has 2 unspecified atom stereocenters. The lowest BCUT2D eigenvalue weighted by Crippen LogP contribution is -2.46. The van der Waals surface area contributed by atoms with Crippen molar-refractivity contribution in [3.63, 3.8) is 0 Å². The Labute approximate surface area is 135 Å². The van der Waals surface area contributed by atoms with Crippen LogP contribution in [0.15, 0.2) is 28.7 Å². The summed E-state index contributed by atoms with van der Waals surface area (Å²) in [7, 11) is 0. The Morgan fingerprint density at radius 2 is 2.10 bits per heavy atom. The lowest BCUT2D eigenvalue weighted by atomic mass is 10.0. The normalized spacial score (nSPS) is 21.9. The quantitative estimate of drug-likeness (QED) is 0.865. The molecule has 5 heteroatoms. The molecule has 0 aliphatic carbocycles. The Hall–Kier alpha value is -0.580. The lowest BCUT2D eigenvalue weighted by molar-refractivity contribution is -0.122. The molecule has 0 aromatic heterocycles. The molecule has 20 heavy (non-hydrogen) atoms. The molecular weight excluding hydrogens is 340 g/mol. The molecule has 1 amide bonds. The van der Waals surface area contributed by atoms with Crippen LogP contribution >= 0.6 is 28.3 Å². The molecule has 0 spiro atoms. The summed E-state index contributed by atoms with van der Waals surface area (Å²) in [6.45, 7) is 3.17. The van der Waals surface area contributed by atoms with Crippen molar-refractivity contribution in [3.8, 4) is 0 Å². The smallest absolute Gasteiger partial charge is 0.220 e. The summed E-state index contributed by atoms with van der Waals surface area (Å²) >= 11 is 3.41. The van der Waals surface area contributed by atoms with Crippen LogP contribution in [0.2, 0.25) is 0 Å². The van der Waals surface area contributed by atoms with Gasteiger partial charge in [-0.25, -0.2) is 0 Å². The van der Waals surface area contributed by atoms with Gasteiger partial charge in [0.15, 0.2) is 0 Å². The van der Waals surface area contributed by atoms with E-state index >= 15 is 0 Å². The predicted octanol–water partition coefficient (Wildman–Crippen LogP) is 3.06. The van der Waals surface area contributed by atoms with E-state index in [-0.39, 0.29) is 18.3 Å². The second-order valence-electron chi connectivity index (χ2n) is 5.27. The molecular formula is C15H22BrClN2O. The van der Waals surface area contributed by atoms with Crippen LogP contribution in [0, 0.1) is 0 Å². The van der Waals surface area contributed by atoms with Crippen LogP contribution < -0.4 is 10.6 Å². The summed E-state index contributed by atoms with van der Waals surface area (Å²) in [5.41, 5.74) is 1.21. The number of nitrogens with one attached hydrogen (secondary N) is 2. The first-order valence-electron chi connectivity index (χ1n) is 6.90. The Morgan fingerprint density at radius 3 is 2.75 bits per heavy atom. The topological polar surface area (TPSA) is 41.1 Å². The number of piperidine rings is 1. The minimum atomic E-state index is 0. The Kier molecular flexibility index (Phi) is 7.56. The Bertz CT molecular complexity index is 424. The van der Waals surface area contributed by atoms with Crippen LogP contribution in [0.3, 0.4) is 0 Å². The number of aryl methyl sites for hydroxylation is 1. The lowest BCUT2D eigenvalue weighted by Gasteiger charge is -2.28. The second kappa shape index (κ2) is 8.65.